The van der Waals surface area contributed by atoms with Gasteiger partial charge in [-0.25, -0.2) is 8.42 Å². The molecule has 0 amide bonds. The van der Waals surface area contributed by atoms with Crippen LogP contribution in [0.15, 0.2) is 0 Å². The van der Waals surface area contributed by atoms with Crippen LogP contribution in [0.2, 0.25) is 0 Å². The normalized spacial score (nSPS) is 18.6. The van der Waals surface area contributed by atoms with Crippen LogP contribution in [0.4, 0.5) is 0 Å². The van der Waals surface area contributed by atoms with Crippen LogP contribution < -0.4 is 4.72 Å². The SMILES string of the molecule is CCCCS(=O)(=O)[N]C1CC1. The fourth-order valence-electron chi connectivity index (χ4n) is 0.787. The van der Waals surface area contributed by atoms with Gasteiger partial charge in [-0.15, -0.1) is 4.72 Å². The lowest BCUT2D eigenvalue weighted by molar-refractivity contribution is 0.576. The molecule has 11 heavy (non-hydrogen) atoms. The summed E-state index contributed by atoms with van der Waals surface area (Å²) >= 11 is 0. The van der Waals surface area contributed by atoms with Crippen molar-refractivity contribution in [2.24, 2.45) is 0 Å². The van der Waals surface area contributed by atoms with Crippen molar-refractivity contribution in [3.63, 3.8) is 0 Å². The molecule has 65 valence electrons. The van der Waals surface area contributed by atoms with E-state index in [0.717, 1.165) is 25.7 Å². The van der Waals surface area contributed by atoms with Gasteiger partial charge in [0, 0.05) is 6.04 Å². The van der Waals surface area contributed by atoms with Crippen molar-refractivity contribution in [3.8, 4) is 0 Å². The second-order valence-corrected chi connectivity index (χ2v) is 4.76. The number of nitrogens with zero attached hydrogens (tertiary/aromatic N) is 1. The van der Waals surface area contributed by atoms with E-state index in [1.807, 2.05) is 6.92 Å². The van der Waals surface area contributed by atoms with Gasteiger partial charge in [-0.2, -0.15) is 0 Å². The zero-order valence-corrected chi connectivity index (χ0v) is 7.60. The molecule has 4 heteroatoms. The van der Waals surface area contributed by atoms with E-state index in [-0.39, 0.29) is 11.8 Å². The van der Waals surface area contributed by atoms with Crippen LogP contribution in [0.3, 0.4) is 0 Å². The Labute approximate surface area is 68.2 Å². The molecule has 0 aromatic heterocycles. The highest BCUT2D eigenvalue weighted by Gasteiger charge is 2.28. The third-order valence-corrected chi connectivity index (χ3v) is 3.04. The molecule has 0 aliphatic heterocycles. The lowest BCUT2D eigenvalue weighted by atomic mass is 10.4. The zero-order chi connectivity index (χ0) is 8.32. The van der Waals surface area contributed by atoms with Gasteiger partial charge in [0.15, 0.2) is 0 Å². The van der Waals surface area contributed by atoms with Crippen LogP contribution in [-0.4, -0.2) is 20.2 Å². The van der Waals surface area contributed by atoms with E-state index in [0.29, 0.717) is 0 Å². The van der Waals surface area contributed by atoms with Crippen molar-refractivity contribution in [2.45, 2.75) is 38.6 Å². The van der Waals surface area contributed by atoms with Crippen LogP contribution in [0.1, 0.15) is 32.6 Å². The minimum absolute atomic E-state index is 0.136. The van der Waals surface area contributed by atoms with Crippen molar-refractivity contribution >= 4 is 10.0 Å². The smallest absolute Gasteiger partial charge is 0.211 e. The van der Waals surface area contributed by atoms with Gasteiger partial charge in [-0.1, -0.05) is 13.3 Å². The molecule has 0 heterocycles. The Hall–Kier alpha value is -0.0900. The molecule has 0 aromatic rings. The first-order valence-corrected chi connectivity index (χ1v) is 5.70. The van der Waals surface area contributed by atoms with Crippen molar-refractivity contribution in [1.29, 1.82) is 0 Å². The molecule has 0 bridgehead atoms. The average Bonchev–Trinajstić information content (AvgIpc) is 2.67. The van der Waals surface area contributed by atoms with E-state index in [1.165, 1.54) is 0 Å². The van der Waals surface area contributed by atoms with Gasteiger partial charge in [0.05, 0.1) is 5.75 Å². The highest BCUT2D eigenvalue weighted by atomic mass is 32.2. The van der Waals surface area contributed by atoms with Gasteiger partial charge in [0.2, 0.25) is 10.0 Å². The molecule has 1 fully saturated rings. The first kappa shape index (κ1) is 9.00. The van der Waals surface area contributed by atoms with Crippen LogP contribution in [-0.2, 0) is 10.0 Å². The number of hydrogen-bond acceptors (Lipinski definition) is 2. The highest BCUT2D eigenvalue weighted by Crippen LogP contribution is 2.21. The summed E-state index contributed by atoms with van der Waals surface area (Å²) in [5.41, 5.74) is 0. The zero-order valence-electron chi connectivity index (χ0n) is 6.78. The predicted molar refractivity (Wildman–Crippen MR) is 43.9 cm³/mol. The van der Waals surface area contributed by atoms with Crippen LogP contribution in [0.25, 0.3) is 0 Å². The Morgan fingerprint density at radius 1 is 1.45 bits per heavy atom. The Morgan fingerprint density at radius 3 is 2.55 bits per heavy atom. The summed E-state index contributed by atoms with van der Waals surface area (Å²) in [6.07, 6.45) is 3.58. The van der Waals surface area contributed by atoms with Gasteiger partial charge in [-0.05, 0) is 19.3 Å². The molecule has 0 saturated heterocycles. The molecule has 0 aromatic carbocycles. The second kappa shape index (κ2) is 3.54. The maximum Gasteiger partial charge on any atom is 0.228 e. The Bertz CT molecular complexity index is 206. The Morgan fingerprint density at radius 2 is 2.09 bits per heavy atom. The number of hydrogen-bond donors (Lipinski definition) is 0. The lowest BCUT2D eigenvalue weighted by Gasteiger charge is -1.99. The topological polar surface area (TPSA) is 48.2 Å². The standard InChI is InChI=1S/C7H14NO2S/c1-2-3-6-11(9,10)8-7-4-5-7/h7H,2-6H2,1H3. The van der Waals surface area contributed by atoms with Crippen LogP contribution in [0, 0.1) is 0 Å². The fourth-order valence-corrected chi connectivity index (χ4v) is 2.21. The van der Waals surface area contributed by atoms with Gasteiger partial charge in [0.25, 0.3) is 0 Å². The maximum atomic E-state index is 11.1. The molecular formula is C7H14NO2S. The van der Waals surface area contributed by atoms with Crippen LogP contribution >= 0.6 is 0 Å². The molecule has 0 spiro atoms. The Kier molecular flexibility index (Phi) is 2.90. The number of rotatable bonds is 5. The molecule has 1 saturated carbocycles. The van der Waals surface area contributed by atoms with Crippen molar-refractivity contribution in [2.75, 3.05) is 5.75 Å². The van der Waals surface area contributed by atoms with Crippen molar-refractivity contribution < 1.29 is 8.42 Å². The third-order valence-electron chi connectivity index (χ3n) is 1.61. The monoisotopic (exact) mass is 176 g/mol. The van der Waals surface area contributed by atoms with E-state index in [1.54, 1.807) is 0 Å². The highest BCUT2D eigenvalue weighted by molar-refractivity contribution is 7.89. The Balaban J connectivity index is 2.26. The number of sulfonamides is 1. The van der Waals surface area contributed by atoms with E-state index in [4.69, 9.17) is 0 Å². The molecule has 1 aliphatic carbocycles. The lowest BCUT2D eigenvalue weighted by Crippen LogP contribution is -2.21. The van der Waals surface area contributed by atoms with Gasteiger partial charge in [-0.3, -0.25) is 0 Å². The van der Waals surface area contributed by atoms with Gasteiger partial charge >= 0.3 is 0 Å². The molecule has 0 atom stereocenters. The molecule has 1 aliphatic rings. The number of unbranched alkanes of at least 4 members (excludes halogenated alkanes) is 1. The first-order chi connectivity index (χ1) is 5.14. The molecule has 1 rings (SSSR count). The minimum atomic E-state index is -3.06. The fraction of sp³-hybridized carbons (Fsp3) is 1.00. The molecule has 3 nitrogen and oxygen atoms in total. The molecular weight excluding hydrogens is 162 g/mol. The second-order valence-electron chi connectivity index (χ2n) is 2.98. The summed E-state index contributed by atoms with van der Waals surface area (Å²) < 4.78 is 25.9. The maximum absolute atomic E-state index is 11.1. The van der Waals surface area contributed by atoms with Gasteiger partial charge in [0.1, 0.15) is 0 Å². The summed E-state index contributed by atoms with van der Waals surface area (Å²) in [5, 5.41) is 0. The predicted octanol–water partition coefficient (Wildman–Crippen LogP) is 0.883. The first-order valence-electron chi connectivity index (χ1n) is 4.09. The third kappa shape index (κ3) is 3.72. The van der Waals surface area contributed by atoms with Gasteiger partial charge < -0.3 is 0 Å². The van der Waals surface area contributed by atoms with E-state index < -0.39 is 10.0 Å². The summed E-state index contributed by atoms with van der Waals surface area (Å²) in [5.74, 6) is 0.236. The van der Waals surface area contributed by atoms with E-state index in [9.17, 15) is 8.42 Å². The summed E-state index contributed by atoms with van der Waals surface area (Å²) in [4.78, 5) is 0. The molecule has 0 N–H and O–H groups in total. The average molecular weight is 176 g/mol. The summed E-state index contributed by atoms with van der Waals surface area (Å²) in [7, 11) is -3.06. The van der Waals surface area contributed by atoms with Crippen molar-refractivity contribution in [3.05, 3.63) is 0 Å². The molecule has 1 radical (unpaired) electrons. The quantitative estimate of drug-likeness (QED) is 0.624. The van der Waals surface area contributed by atoms with E-state index >= 15 is 0 Å². The van der Waals surface area contributed by atoms with Crippen LogP contribution in [0.5, 0.6) is 0 Å². The summed E-state index contributed by atoms with van der Waals surface area (Å²) in [6.45, 7) is 1.98. The van der Waals surface area contributed by atoms with E-state index in [2.05, 4.69) is 4.72 Å². The minimum Gasteiger partial charge on any atom is -0.211 e. The van der Waals surface area contributed by atoms with Crippen molar-refractivity contribution in [1.82, 2.24) is 4.72 Å². The molecule has 0 unspecified atom stereocenters. The largest absolute Gasteiger partial charge is 0.228 e. The summed E-state index contributed by atoms with van der Waals surface area (Å²) in [6, 6.07) is 0.136.